The molecule has 0 aliphatic carbocycles. The minimum atomic E-state index is -0.237. The molecule has 0 atom stereocenters. The lowest BCUT2D eigenvalue weighted by molar-refractivity contribution is 0.102. The maximum atomic E-state index is 12.4. The monoisotopic (exact) mass is 267 g/mol. The molecule has 6 nitrogen and oxygen atoms in total. The van der Waals surface area contributed by atoms with Crippen LogP contribution in [0.2, 0.25) is 0 Å². The summed E-state index contributed by atoms with van der Waals surface area (Å²) in [6, 6.07) is 9.09. The molecule has 0 radical (unpaired) electrons. The van der Waals surface area contributed by atoms with Crippen LogP contribution in [0.4, 0.5) is 11.5 Å². The molecule has 0 bridgehead atoms. The molecule has 2 aromatic heterocycles. The van der Waals surface area contributed by atoms with Crippen LogP contribution in [0.15, 0.2) is 42.7 Å². The number of anilines is 2. The number of carbonyl (C=O) groups excluding carboxylic acids is 1. The SMILES string of the molecule is Cn1ncc(N)c1NC(=O)c1cccc2ncccc12. The Balaban J connectivity index is 2.01. The summed E-state index contributed by atoms with van der Waals surface area (Å²) in [4.78, 5) is 16.6. The molecule has 1 amide bonds. The molecule has 3 rings (SSSR count). The molecular formula is C14H13N5O. The predicted molar refractivity (Wildman–Crippen MR) is 77.3 cm³/mol. The fourth-order valence-corrected chi connectivity index (χ4v) is 2.08. The Kier molecular flexibility index (Phi) is 2.83. The van der Waals surface area contributed by atoms with Gasteiger partial charge < -0.3 is 11.1 Å². The predicted octanol–water partition coefficient (Wildman–Crippen LogP) is 1.80. The van der Waals surface area contributed by atoms with Gasteiger partial charge >= 0.3 is 0 Å². The molecule has 0 aliphatic heterocycles. The molecule has 2 heterocycles. The van der Waals surface area contributed by atoms with Gasteiger partial charge in [-0.1, -0.05) is 12.1 Å². The highest BCUT2D eigenvalue weighted by Gasteiger charge is 2.14. The van der Waals surface area contributed by atoms with Gasteiger partial charge in [-0.25, -0.2) is 0 Å². The van der Waals surface area contributed by atoms with Crippen LogP contribution in [0.25, 0.3) is 10.9 Å². The van der Waals surface area contributed by atoms with Crippen LogP contribution in [-0.4, -0.2) is 20.7 Å². The summed E-state index contributed by atoms with van der Waals surface area (Å²) in [6.07, 6.45) is 3.20. The van der Waals surface area contributed by atoms with Gasteiger partial charge in [-0.15, -0.1) is 0 Å². The van der Waals surface area contributed by atoms with E-state index in [1.165, 1.54) is 10.9 Å². The fraction of sp³-hybridized carbons (Fsp3) is 0.0714. The van der Waals surface area contributed by atoms with E-state index < -0.39 is 0 Å². The van der Waals surface area contributed by atoms with Crippen LogP contribution in [0, 0.1) is 0 Å². The van der Waals surface area contributed by atoms with Crippen molar-refractivity contribution in [2.24, 2.45) is 7.05 Å². The quantitative estimate of drug-likeness (QED) is 0.741. The average molecular weight is 267 g/mol. The third-order valence-electron chi connectivity index (χ3n) is 3.09. The zero-order chi connectivity index (χ0) is 14.1. The van der Waals surface area contributed by atoms with E-state index in [1.54, 1.807) is 31.4 Å². The topological polar surface area (TPSA) is 85.8 Å². The van der Waals surface area contributed by atoms with Crippen LogP contribution < -0.4 is 11.1 Å². The lowest BCUT2D eigenvalue weighted by Crippen LogP contribution is -2.16. The van der Waals surface area contributed by atoms with Gasteiger partial charge in [-0.2, -0.15) is 5.10 Å². The summed E-state index contributed by atoms with van der Waals surface area (Å²) in [5, 5.41) is 7.56. The van der Waals surface area contributed by atoms with E-state index in [1.807, 2.05) is 12.1 Å². The summed E-state index contributed by atoms with van der Waals surface area (Å²) in [5.41, 5.74) is 7.53. The third-order valence-corrected chi connectivity index (χ3v) is 3.09. The first-order valence-corrected chi connectivity index (χ1v) is 6.09. The van der Waals surface area contributed by atoms with Crippen molar-refractivity contribution < 1.29 is 4.79 Å². The summed E-state index contributed by atoms with van der Waals surface area (Å²) in [6.45, 7) is 0. The average Bonchev–Trinajstić information content (AvgIpc) is 2.78. The number of aromatic nitrogens is 3. The Morgan fingerprint density at radius 3 is 2.90 bits per heavy atom. The van der Waals surface area contributed by atoms with E-state index in [2.05, 4.69) is 15.4 Å². The van der Waals surface area contributed by atoms with Crippen molar-refractivity contribution in [1.29, 1.82) is 0 Å². The van der Waals surface area contributed by atoms with Gasteiger partial charge in [0.05, 0.1) is 17.4 Å². The zero-order valence-corrected chi connectivity index (χ0v) is 10.9. The third kappa shape index (κ3) is 1.97. The molecule has 100 valence electrons. The second-order valence-corrected chi connectivity index (χ2v) is 4.40. The molecule has 0 fully saturated rings. The number of fused-ring (bicyclic) bond motifs is 1. The van der Waals surface area contributed by atoms with Gasteiger partial charge in [0.2, 0.25) is 0 Å². The van der Waals surface area contributed by atoms with Crippen LogP contribution >= 0.6 is 0 Å². The van der Waals surface area contributed by atoms with E-state index in [0.717, 1.165) is 10.9 Å². The fourth-order valence-electron chi connectivity index (χ4n) is 2.08. The number of carbonyl (C=O) groups is 1. The van der Waals surface area contributed by atoms with Crippen LogP contribution in [-0.2, 0) is 7.05 Å². The molecule has 0 spiro atoms. The summed E-state index contributed by atoms with van der Waals surface area (Å²) in [7, 11) is 1.72. The summed E-state index contributed by atoms with van der Waals surface area (Å²) in [5.74, 6) is 0.245. The van der Waals surface area contributed by atoms with Crippen molar-refractivity contribution in [1.82, 2.24) is 14.8 Å². The van der Waals surface area contributed by atoms with E-state index in [0.29, 0.717) is 17.1 Å². The first kappa shape index (κ1) is 12.2. The lowest BCUT2D eigenvalue weighted by Gasteiger charge is -2.08. The number of aryl methyl sites for hydroxylation is 1. The number of nitrogen functional groups attached to an aromatic ring is 1. The molecule has 0 saturated heterocycles. The van der Waals surface area contributed by atoms with E-state index in [-0.39, 0.29) is 5.91 Å². The number of benzene rings is 1. The molecule has 0 aliphatic rings. The number of hydrogen-bond acceptors (Lipinski definition) is 4. The van der Waals surface area contributed by atoms with Gasteiger partial charge in [0.25, 0.3) is 5.91 Å². The van der Waals surface area contributed by atoms with Gasteiger partial charge in [0.15, 0.2) is 5.82 Å². The first-order valence-electron chi connectivity index (χ1n) is 6.09. The largest absolute Gasteiger partial charge is 0.394 e. The Labute approximate surface area is 115 Å². The molecular weight excluding hydrogens is 254 g/mol. The van der Waals surface area contributed by atoms with Crippen LogP contribution in [0.1, 0.15) is 10.4 Å². The number of nitrogens with two attached hydrogens (primary N) is 1. The molecule has 20 heavy (non-hydrogen) atoms. The second-order valence-electron chi connectivity index (χ2n) is 4.40. The molecule has 3 aromatic rings. The van der Waals surface area contributed by atoms with E-state index >= 15 is 0 Å². The van der Waals surface area contributed by atoms with Gasteiger partial charge in [-0.3, -0.25) is 14.5 Å². The molecule has 6 heteroatoms. The highest BCUT2D eigenvalue weighted by atomic mass is 16.1. The van der Waals surface area contributed by atoms with Gasteiger partial charge in [0.1, 0.15) is 0 Å². The molecule has 0 unspecified atom stereocenters. The number of amides is 1. The number of nitrogens with one attached hydrogen (secondary N) is 1. The Hall–Kier alpha value is -2.89. The summed E-state index contributed by atoms with van der Waals surface area (Å²) < 4.78 is 1.52. The maximum absolute atomic E-state index is 12.4. The summed E-state index contributed by atoms with van der Waals surface area (Å²) >= 11 is 0. The lowest BCUT2D eigenvalue weighted by atomic mass is 10.1. The zero-order valence-electron chi connectivity index (χ0n) is 10.9. The second kappa shape index (κ2) is 4.65. The van der Waals surface area contributed by atoms with E-state index in [4.69, 9.17) is 5.73 Å². The minimum absolute atomic E-state index is 0.237. The molecule has 1 aromatic carbocycles. The van der Waals surface area contributed by atoms with Crippen molar-refractivity contribution in [3.8, 4) is 0 Å². The number of hydrogen-bond donors (Lipinski definition) is 2. The Morgan fingerprint density at radius 1 is 1.30 bits per heavy atom. The van der Waals surface area contributed by atoms with Crippen molar-refractivity contribution in [2.45, 2.75) is 0 Å². The van der Waals surface area contributed by atoms with Crippen molar-refractivity contribution in [3.05, 3.63) is 48.3 Å². The normalized spacial score (nSPS) is 10.7. The highest BCUT2D eigenvalue weighted by molar-refractivity contribution is 6.12. The van der Waals surface area contributed by atoms with Crippen molar-refractivity contribution >= 4 is 28.3 Å². The van der Waals surface area contributed by atoms with Crippen molar-refractivity contribution in [2.75, 3.05) is 11.1 Å². The molecule has 3 N–H and O–H groups in total. The number of nitrogens with zero attached hydrogens (tertiary/aromatic N) is 3. The number of pyridine rings is 1. The van der Waals surface area contributed by atoms with Gasteiger partial charge in [0, 0.05) is 24.2 Å². The minimum Gasteiger partial charge on any atom is -0.394 e. The first-order chi connectivity index (χ1) is 9.66. The van der Waals surface area contributed by atoms with Gasteiger partial charge in [-0.05, 0) is 18.2 Å². The molecule has 0 saturated carbocycles. The van der Waals surface area contributed by atoms with Crippen molar-refractivity contribution in [3.63, 3.8) is 0 Å². The number of rotatable bonds is 2. The smallest absolute Gasteiger partial charge is 0.257 e. The Morgan fingerprint density at radius 2 is 2.15 bits per heavy atom. The maximum Gasteiger partial charge on any atom is 0.257 e. The van der Waals surface area contributed by atoms with E-state index in [9.17, 15) is 4.79 Å². The van der Waals surface area contributed by atoms with Crippen LogP contribution in [0.3, 0.4) is 0 Å². The highest BCUT2D eigenvalue weighted by Crippen LogP contribution is 2.20. The van der Waals surface area contributed by atoms with Crippen LogP contribution in [0.5, 0.6) is 0 Å². The standard InChI is InChI=1S/C14H13N5O/c1-19-13(11(15)8-17-19)18-14(20)10-4-2-6-12-9(10)5-3-7-16-12/h2-8H,15H2,1H3,(H,18,20). The Bertz CT molecular complexity index is 768.